The molecule has 1 saturated carbocycles. The Morgan fingerprint density at radius 3 is 2.48 bits per heavy atom. The molecular weight excluding hydrogens is 335 g/mol. The lowest BCUT2D eigenvalue weighted by atomic mass is 10.2. The Balaban J connectivity index is 1.84. The molecule has 1 amide bonds. The molecule has 0 spiro atoms. The summed E-state index contributed by atoms with van der Waals surface area (Å²) in [7, 11) is 1.36. The average molecular weight is 355 g/mol. The van der Waals surface area contributed by atoms with Gasteiger partial charge in [-0.25, -0.2) is 0 Å². The molecule has 0 aliphatic heterocycles. The molecule has 9 heteroatoms. The molecule has 1 unspecified atom stereocenters. The van der Waals surface area contributed by atoms with Gasteiger partial charge in [-0.1, -0.05) is 0 Å². The largest absolute Gasteiger partial charge is 0.435 e. The Labute approximate surface area is 143 Å². The molecule has 0 radical (unpaired) electrons. The van der Waals surface area contributed by atoms with Crippen molar-refractivity contribution < 1.29 is 18.0 Å². The lowest BCUT2D eigenvalue weighted by Crippen LogP contribution is -2.17. The van der Waals surface area contributed by atoms with Crippen LogP contribution in [0.1, 0.15) is 53.2 Å². The average Bonchev–Trinajstić information content (AvgIpc) is 3.23. The van der Waals surface area contributed by atoms with Crippen LogP contribution < -0.4 is 5.32 Å². The van der Waals surface area contributed by atoms with Crippen LogP contribution in [0.4, 0.5) is 19.0 Å². The fourth-order valence-electron chi connectivity index (χ4n) is 3.03. The Hall–Kier alpha value is -2.32. The van der Waals surface area contributed by atoms with Crippen molar-refractivity contribution in [3.05, 3.63) is 28.7 Å². The van der Waals surface area contributed by atoms with Crippen molar-refractivity contribution in [1.82, 2.24) is 19.6 Å². The molecule has 1 fully saturated rings. The molecule has 2 aromatic rings. The van der Waals surface area contributed by atoms with Gasteiger partial charge in [-0.05, 0) is 45.6 Å². The van der Waals surface area contributed by atoms with Gasteiger partial charge in [0.05, 0.1) is 6.04 Å². The van der Waals surface area contributed by atoms with Gasteiger partial charge in [0, 0.05) is 18.3 Å². The normalized spacial score (nSPS) is 16.1. The van der Waals surface area contributed by atoms with E-state index in [0.29, 0.717) is 5.92 Å². The monoisotopic (exact) mass is 355 g/mol. The van der Waals surface area contributed by atoms with Crippen LogP contribution in [0.25, 0.3) is 0 Å². The lowest BCUT2D eigenvalue weighted by Gasteiger charge is -2.12. The fraction of sp³-hybridized carbons (Fsp3) is 0.562. The quantitative estimate of drug-likeness (QED) is 0.913. The third kappa shape index (κ3) is 3.27. The first-order valence-corrected chi connectivity index (χ1v) is 8.08. The first kappa shape index (κ1) is 17.5. The Morgan fingerprint density at radius 2 is 1.96 bits per heavy atom. The van der Waals surface area contributed by atoms with E-state index in [0.717, 1.165) is 23.2 Å². The Morgan fingerprint density at radius 1 is 1.32 bits per heavy atom. The maximum Gasteiger partial charge on any atom is 0.435 e. The molecule has 0 aromatic carbocycles. The number of anilines is 1. The van der Waals surface area contributed by atoms with Crippen molar-refractivity contribution in [3.8, 4) is 0 Å². The summed E-state index contributed by atoms with van der Waals surface area (Å²) >= 11 is 0. The van der Waals surface area contributed by atoms with Gasteiger partial charge in [-0.15, -0.1) is 0 Å². The van der Waals surface area contributed by atoms with Crippen LogP contribution in [0.2, 0.25) is 0 Å². The minimum atomic E-state index is -4.57. The van der Waals surface area contributed by atoms with Crippen molar-refractivity contribution in [2.45, 2.75) is 45.8 Å². The number of hydrogen-bond acceptors (Lipinski definition) is 3. The summed E-state index contributed by atoms with van der Waals surface area (Å²) in [5.74, 6) is 0.0348. The number of carbonyl (C=O) groups is 1. The topological polar surface area (TPSA) is 64.7 Å². The van der Waals surface area contributed by atoms with Crippen LogP contribution in [0.5, 0.6) is 0 Å². The minimum Gasteiger partial charge on any atom is -0.305 e. The van der Waals surface area contributed by atoms with Gasteiger partial charge in [0.25, 0.3) is 5.91 Å². The molecule has 2 aromatic heterocycles. The van der Waals surface area contributed by atoms with Crippen LogP contribution >= 0.6 is 0 Å². The molecule has 0 saturated heterocycles. The highest BCUT2D eigenvalue weighted by Crippen LogP contribution is 2.39. The van der Waals surface area contributed by atoms with Gasteiger partial charge in [0.15, 0.2) is 11.4 Å². The standard InChI is InChI=1S/C16H20F3N5O/c1-8-7-12(21-24(8)10(3)11-5-6-11)15(25)20-14-9(2)13(16(17,18)19)22-23(14)4/h7,10-11H,5-6H2,1-4H3,(H,20,25). The zero-order valence-corrected chi connectivity index (χ0v) is 14.5. The van der Waals surface area contributed by atoms with E-state index in [2.05, 4.69) is 22.4 Å². The van der Waals surface area contributed by atoms with Crippen molar-refractivity contribution >= 4 is 11.7 Å². The number of aryl methyl sites for hydroxylation is 2. The maximum atomic E-state index is 12.9. The Bertz CT molecular complexity index is 817. The highest BCUT2D eigenvalue weighted by molar-refractivity contribution is 6.02. The van der Waals surface area contributed by atoms with E-state index in [4.69, 9.17) is 0 Å². The van der Waals surface area contributed by atoms with E-state index in [-0.39, 0.29) is 23.1 Å². The number of rotatable bonds is 4. The molecule has 1 atom stereocenters. The van der Waals surface area contributed by atoms with Crippen molar-refractivity contribution in [2.24, 2.45) is 13.0 Å². The maximum absolute atomic E-state index is 12.9. The lowest BCUT2D eigenvalue weighted by molar-refractivity contribution is -0.141. The van der Waals surface area contributed by atoms with Crippen molar-refractivity contribution in [2.75, 3.05) is 5.32 Å². The van der Waals surface area contributed by atoms with Crippen LogP contribution in [0, 0.1) is 19.8 Å². The van der Waals surface area contributed by atoms with E-state index in [1.165, 1.54) is 14.0 Å². The smallest absolute Gasteiger partial charge is 0.305 e. The summed E-state index contributed by atoms with van der Waals surface area (Å²) in [6.45, 7) is 5.20. The van der Waals surface area contributed by atoms with Gasteiger partial charge < -0.3 is 5.32 Å². The summed E-state index contributed by atoms with van der Waals surface area (Å²) in [5, 5.41) is 10.3. The molecule has 6 nitrogen and oxygen atoms in total. The van der Waals surface area contributed by atoms with Gasteiger partial charge >= 0.3 is 6.18 Å². The van der Waals surface area contributed by atoms with Crippen molar-refractivity contribution in [1.29, 1.82) is 0 Å². The van der Waals surface area contributed by atoms with Gasteiger partial charge in [0.2, 0.25) is 0 Å². The molecule has 136 valence electrons. The van der Waals surface area contributed by atoms with E-state index in [1.54, 1.807) is 6.07 Å². The highest BCUT2D eigenvalue weighted by atomic mass is 19.4. The molecule has 2 heterocycles. The van der Waals surface area contributed by atoms with Crippen LogP contribution in [0.15, 0.2) is 6.07 Å². The summed E-state index contributed by atoms with van der Waals surface area (Å²) < 4.78 is 41.6. The second kappa shape index (κ2) is 5.89. The molecule has 25 heavy (non-hydrogen) atoms. The first-order valence-electron chi connectivity index (χ1n) is 8.08. The molecule has 1 aliphatic rings. The molecule has 3 rings (SSSR count). The molecular formula is C16H20F3N5O. The minimum absolute atomic E-state index is 0.0137. The van der Waals surface area contributed by atoms with Gasteiger partial charge in [-0.3, -0.25) is 14.2 Å². The summed E-state index contributed by atoms with van der Waals surface area (Å²) in [4.78, 5) is 12.4. The van der Waals surface area contributed by atoms with E-state index >= 15 is 0 Å². The predicted octanol–water partition coefficient (Wildman–Crippen LogP) is 3.48. The van der Waals surface area contributed by atoms with Crippen molar-refractivity contribution in [3.63, 3.8) is 0 Å². The second-order valence-electron chi connectivity index (χ2n) is 6.59. The van der Waals surface area contributed by atoms with Crippen LogP contribution in [0.3, 0.4) is 0 Å². The molecule has 1 aliphatic carbocycles. The predicted molar refractivity (Wildman–Crippen MR) is 85.3 cm³/mol. The number of nitrogens with one attached hydrogen (secondary N) is 1. The third-order valence-electron chi connectivity index (χ3n) is 4.63. The number of alkyl halides is 3. The first-order chi connectivity index (χ1) is 11.6. The Kier molecular flexibility index (Phi) is 4.12. The summed E-state index contributed by atoms with van der Waals surface area (Å²) in [6.07, 6.45) is -2.27. The zero-order chi connectivity index (χ0) is 18.5. The van der Waals surface area contributed by atoms with E-state index in [9.17, 15) is 18.0 Å². The van der Waals surface area contributed by atoms with Crippen LogP contribution in [-0.4, -0.2) is 25.5 Å². The number of hydrogen-bond donors (Lipinski definition) is 1. The summed E-state index contributed by atoms with van der Waals surface area (Å²) in [5.41, 5.74) is -0.0957. The number of halogens is 3. The fourth-order valence-corrected chi connectivity index (χ4v) is 3.03. The summed E-state index contributed by atoms with van der Waals surface area (Å²) in [6, 6.07) is 1.85. The van der Waals surface area contributed by atoms with E-state index in [1.807, 2.05) is 11.6 Å². The molecule has 1 N–H and O–H groups in total. The molecule has 0 bridgehead atoms. The van der Waals surface area contributed by atoms with Crippen LogP contribution in [-0.2, 0) is 13.2 Å². The van der Waals surface area contributed by atoms with E-state index < -0.39 is 17.8 Å². The number of amides is 1. The van der Waals surface area contributed by atoms with Gasteiger partial charge in [0.1, 0.15) is 5.82 Å². The number of carbonyl (C=O) groups excluding carboxylic acids is 1. The number of nitrogens with zero attached hydrogens (tertiary/aromatic N) is 4. The zero-order valence-electron chi connectivity index (χ0n) is 14.5. The third-order valence-corrected chi connectivity index (χ3v) is 4.63. The number of aromatic nitrogens is 4. The van der Waals surface area contributed by atoms with Gasteiger partial charge in [-0.2, -0.15) is 23.4 Å². The second-order valence-corrected chi connectivity index (χ2v) is 6.59. The SMILES string of the molecule is Cc1c(C(F)(F)F)nn(C)c1NC(=O)c1cc(C)n(C(C)C2CC2)n1. The highest BCUT2D eigenvalue weighted by Gasteiger charge is 2.38.